The van der Waals surface area contributed by atoms with Gasteiger partial charge in [0.05, 0.1) is 62.2 Å². The molecule has 0 amide bonds. The Morgan fingerprint density at radius 2 is 1.26 bits per heavy atom. The maximum atomic E-state index is 13.9. The fourth-order valence-corrected chi connectivity index (χ4v) is 13.2. The van der Waals surface area contributed by atoms with Crippen molar-refractivity contribution in [1.29, 1.82) is 0 Å². The largest absolute Gasteiger partial charge is 0.469 e. The number of ketones is 1. The highest BCUT2D eigenvalue weighted by Gasteiger charge is 2.54. The van der Waals surface area contributed by atoms with Gasteiger partial charge in [-0.1, -0.05) is 18.6 Å². The second-order valence-corrected chi connectivity index (χ2v) is 22.0. The first-order chi connectivity index (χ1) is 35.3. The molecule has 0 radical (unpaired) electrons. The van der Waals surface area contributed by atoms with Crippen molar-refractivity contribution in [3.8, 4) is 0 Å². The van der Waals surface area contributed by atoms with Crippen molar-refractivity contribution < 1.29 is 107 Å². The molecule has 2 saturated carbocycles. The zero-order valence-electron chi connectivity index (χ0n) is 43.3. The van der Waals surface area contributed by atoms with Gasteiger partial charge in [0.2, 0.25) is 0 Å². The third-order valence-corrected chi connectivity index (χ3v) is 17.5. The molecule has 9 rings (SSSR count). The van der Waals surface area contributed by atoms with Gasteiger partial charge in [0.1, 0.15) is 78.7 Å². The number of carbonyl (C=O) groups excluding carboxylic acids is 1. The lowest BCUT2D eigenvalue weighted by Gasteiger charge is -2.53. The van der Waals surface area contributed by atoms with Crippen LogP contribution in [0.3, 0.4) is 0 Å². The van der Waals surface area contributed by atoms with E-state index in [0.29, 0.717) is 18.1 Å². The summed E-state index contributed by atoms with van der Waals surface area (Å²) < 4.78 is 78.8. The number of aliphatic hydroxyl groups is 8. The number of Topliss-reactive ketones (excluding diaryl/α,β-unsaturated/α-hetero) is 1. The first-order valence-electron chi connectivity index (χ1n) is 26.5. The van der Waals surface area contributed by atoms with E-state index in [2.05, 4.69) is 13.0 Å². The minimum atomic E-state index is -1.76. The molecule has 0 aromatic carbocycles. The molecule has 420 valence electrons. The second-order valence-electron chi connectivity index (χ2n) is 22.0. The standard InChI is InChI=1S/C52H80O22/c1-22-28(13-15-64-22)29-10-11-31-30(40(29)55)9-8-26-16-27(12-14-52(26,31)5)69-38-18-33(62-6)48(24(3)67-38)73-37-17-32(54)47(23(2)66-37)72-39-19-34(63-7)49(25(4)68-39)74-51-46(61)44(59)42(57)36(71-51)21-65-50-45(60)43(58)41(56)35(20-53)70-50/h8,13,15,23-25,27,29-39,41-51,53-54,56-61H,9-12,14,16-21H2,1-7H3. The summed E-state index contributed by atoms with van der Waals surface area (Å²) in [6, 6.07) is 1.96. The Morgan fingerprint density at radius 3 is 1.88 bits per heavy atom. The summed E-state index contributed by atoms with van der Waals surface area (Å²) in [5, 5.41) is 84.1. The first-order valence-corrected chi connectivity index (χ1v) is 26.5. The van der Waals surface area contributed by atoms with Crippen LogP contribution in [0.15, 0.2) is 28.4 Å². The monoisotopic (exact) mass is 1060 g/mol. The average molecular weight is 1060 g/mol. The molecule has 27 atom stereocenters. The van der Waals surface area contributed by atoms with E-state index in [0.717, 1.165) is 49.8 Å². The van der Waals surface area contributed by atoms with Crippen molar-refractivity contribution in [2.75, 3.05) is 27.4 Å². The second kappa shape index (κ2) is 23.7. The normalized spacial score (nSPS) is 49.2. The molecule has 0 spiro atoms. The minimum Gasteiger partial charge on any atom is -0.469 e. The zero-order chi connectivity index (χ0) is 52.9. The van der Waals surface area contributed by atoms with Crippen LogP contribution in [0, 0.1) is 24.2 Å². The number of aryl methyl sites for hydroxylation is 1. The Morgan fingerprint density at radius 1 is 0.676 bits per heavy atom. The zero-order valence-corrected chi connectivity index (χ0v) is 43.3. The van der Waals surface area contributed by atoms with E-state index in [9.17, 15) is 45.6 Å². The molecule has 74 heavy (non-hydrogen) atoms. The topological polar surface area (TPSA) is 303 Å². The number of furan rings is 1. The van der Waals surface area contributed by atoms with E-state index < -0.39 is 142 Å². The molecule has 3 aliphatic carbocycles. The van der Waals surface area contributed by atoms with Gasteiger partial charge in [-0.25, -0.2) is 0 Å². The fraction of sp³-hybridized carbons (Fsp3) is 0.865. The summed E-state index contributed by atoms with van der Waals surface area (Å²) in [4.78, 5) is 13.9. The molecule has 7 fully saturated rings. The molecule has 8 aliphatic rings. The molecular formula is C52H80O22. The number of methoxy groups -OCH3 is 2. The van der Waals surface area contributed by atoms with Crippen LogP contribution in [0.5, 0.6) is 0 Å². The molecule has 8 N–H and O–H groups in total. The number of aliphatic hydroxyl groups excluding tert-OH is 8. The lowest BCUT2D eigenvalue weighted by atomic mass is 9.52. The summed E-state index contributed by atoms with van der Waals surface area (Å²) in [5.41, 5.74) is 2.37. The Balaban J connectivity index is 0.737. The summed E-state index contributed by atoms with van der Waals surface area (Å²) >= 11 is 0. The Labute approximate surface area is 431 Å². The van der Waals surface area contributed by atoms with Crippen molar-refractivity contribution in [3.05, 3.63) is 35.3 Å². The van der Waals surface area contributed by atoms with Gasteiger partial charge in [0, 0.05) is 50.9 Å². The number of rotatable bonds is 15. The number of hydrogen-bond acceptors (Lipinski definition) is 22. The average Bonchev–Trinajstić information content (AvgIpc) is 3.81. The lowest BCUT2D eigenvalue weighted by molar-refractivity contribution is -0.361. The van der Waals surface area contributed by atoms with E-state index in [1.165, 1.54) is 12.7 Å². The van der Waals surface area contributed by atoms with Crippen LogP contribution in [-0.4, -0.2) is 215 Å². The molecule has 1 aromatic heterocycles. The quantitative estimate of drug-likeness (QED) is 0.112. The highest BCUT2D eigenvalue weighted by atomic mass is 16.8. The van der Waals surface area contributed by atoms with Crippen LogP contribution in [0.2, 0.25) is 0 Å². The van der Waals surface area contributed by atoms with Crippen molar-refractivity contribution >= 4 is 5.78 Å². The van der Waals surface area contributed by atoms with Crippen LogP contribution in [0.25, 0.3) is 0 Å². The minimum absolute atomic E-state index is 0.0159. The summed E-state index contributed by atoms with van der Waals surface area (Å²) in [6.45, 7) is 8.46. The number of carbonyl (C=O) groups is 1. The third-order valence-electron chi connectivity index (χ3n) is 17.5. The molecule has 5 saturated heterocycles. The van der Waals surface area contributed by atoms with Crippen molar-refractivity contribution in [3.63, 3.8) is 0 Å². The van der Waals surface area contributed by atoms with E-state index in [-0.39, 0.29) is 42.3 Å². The van der Waals surface area contributed by atoms with Gasteiger partial charge in [0.15, 0.2) is 31.5 Å². The van der Waals surface area contributed by atoms with Crippen LogP contribution < -0.4 is 0 Å². The fourth-order valence-electron chi connectivity index (χ4n) is 13.2. The third kappa shape index (κ3) is 11.4. The van der Waals surface area contributed by atoms with E-state index >= 15 is 0 Å². The maximum Gasteiger partial charge on any atom is 0.187 e. The summed E-state index contributed by atoms with van der Waals surface area (Å²) in [6.07, 6.45) is -14.5. The number of ether oxygens (including phenoxy) is 12. The van der Waals surface area contributed by atoms with Gasteiger partial charge in [-0.3, -0.25) is 4.79 Å². The van der Waals surface area contributed by atoms with Gasteiger partial charge in [-0.15, -0.1) is 0 Å². The van der Waals surface area contributed by atoms with Crippen molar-refractivity contribution in [2.45, 2.75) is 240 Å². The SMILES string of the molecule is COC1CC(OC2CCC3(C)C(=CCC4C(=O)C(c5ccoc5C)CCC43)C2)OC(C)C1OC1CC(O)C(OC2CC(OC)C(OC3OC(COC4OC(CO)C(O)C(O)C4O)C(O)C(O)C3O)C(C)O2)C(C)O1. The molecule has 0 bridgehead atoms. The lowest BCUT2D eigenvalue weighted by Crippen LogP contribution is -2.63. The summed E-state index contributed by atoms with van der Waals surface area (Å²) in [7, 11) is 3.09. The van der Waals surface area contributed by atoms with Crippen LogP contribution in [-0.2, 0) is 61.6 Å². The van der Waals surface area contributed by atoms with Crippen LogP contribution in [0.1, 0.15) is 103 Å². The Hall–Kier alpha value is -2.11. The Kier molecular flexibility index (Phi) is 18.1. The van der Waals surface area contributed by atoms with Crippen LogP contribution >= 0.6 is 0 Å². The maximum absolute atomic E-state index is 13.9. The Bertz CT molecular complexity index is 2030. The van der Waals surface area contributed by atoms with E-state index in [1.807, 2.05) is 19.9 Å². The molecule has 22 heteroatoms. The van der Waals surface area contributed by atoms with E-state index in [4.69, 9.17) is 61.3 Å². The number of fused-ring (bicyclic) bond motifs is 3. The summed E-state index contributed by atoms with van der Waals surface area (Å²) in [5.74, 6) is 1.41. The number of allylic oxidation sites excluding steroid dienone is 1. The molecule has 6 heterocycles. The number of hydrogen-bond donors (Lipinski definition) is 8. The molecule has 22 nitrogen and oxygen atoms in total. The van der Waals surface area contributed by atoms with Crippen molar-refractivity contribution in [2.24, 2.45) is 17.3 Å². The predicted molar refractivity (Wildman–Crippen MR) is 252 cm³/mol. The molecule has 27 unspecified atom stereocenters. The smallest absolute Gasteiger partial charge is 0.187 e. The first kappa shape index (κ1) is 56.6. The van der Waals surface area contributed by atoms with Gasteiger partial charge in [0.25, 0.3) is 0 Å². The van der Waals surface area contributed by atoms with Gasteiger partial charge in [-0.2, -0.15) is 0 Å². The predicted octanol–water partition coefficient (Wildman–Crippen LogP) is 0.748. The highest BCUT2D eigenvalue weighted by Crippen LogP contribution is 2.58. The highest BCUT2D eigenvalue weighted by molar-refractivity contribution is 5.89. The molecular weight excluding hydrogens is 977 g/mol. The molecule has 1 aromatic rings. The van der Waals surface area contributed by atoms with Crippen molar-refractivity contribution in [1.82, 2.24) is 0 Å². The van der Waals surface area contributed by atoms with Gasteiger partial charge < -0.3 is 102 Å². The molecule has 5 aliphatic heterocycles. The van der Waals surface area contributed by atoms with Crippen LogP contribution in [0.4, 0.5) is 0 Å². The van der Waals surface area contributed by atoms with Gasteiger partial charge >= 0.3 is 0 Å². The van der Waals surface area contributed by atoms with E-state index in [1.54, 1.807) is 27.2 Å². The van der Waals surface area contributed by atoms with Gasteiger partial charge in [-0.05, 0) is 83.6 Å².